The van der Waals surface area contributed by atoms with Gasteiger partial charge in [0.25, 0.3) is 0 Å². The van der Waals surface area contributed by atoms with Crippen LogP contribution in [0.25, 0.3) is 0 Å². The van der Waals surface area contributed by atoms with Crippen LogP contribution >= 0.6 is 0 Å². The quantitative estimate of drug-likeness (QED) is 0.877. The molecule has 1 amide bonds. The summed E-state index contributed by atoms with van der Waals surface area (Å²) in [5.74, 6) is 0.0663. The van der Waals surface area contributed by atoms with Crippen molar-refractivity contribution in [2.45, 2.75) is 32.2 Å². The van der Waals surface area contributed by atoms with E-state index in [1.807, 2.05) is 0 Å². The third kappa shape index (κ3) is 3.77. The molecular formula is C15H20FNO2. The first-order valence-electron chi connectivity index (χ1n) is 6.82. The minimum Gasteiger partial charge on any atom is -0.396 e. The van der Waals surface area contributed by atoms with E-state index >= 15 is 0 Å². The van der Waals surface area contributed by atoms with E-state index in [2.05, 4.69) is 5.32 Å². The summed E-state index contributed by atoms with van der Waals surface area (Å²) in [6.45, 7) is 0.453. The van der Waals surface area contributed by atoms with E-state index in [1.54, 1.807) is 18.2 Å². The normalized spacial score (nSPS) is 23.1. The van der Waals surface area contributed by atoms with E-state index in [4.69, 9.17) is 5.11 Å². The zero-order chi connectivity index (χ0) is 13.7. The Balaban J connectivity index is 1.81. The number of carbonyl (C=O) groups is 1. The van der Waals surface area contributed by atoms with Gasteiger partial charge in [-0.05, 0) is 37.7 Å². The van der Waals surface area contributed by atoms with Gasteiger partial charge in [-0.2, -0.15) is 0 Å². The second-order valence-corrected chi connectivity index (χ2v) is 5.21. The van der Waals surface area contributed by atoms with Gasteiger partial charge in [0.1, 0.15) is 5.82 Å². The molecule has 2 N–H and O–H groups in total. The Kier molecular flexibility index (Phi) is 4.91. The number of carbonyl (C=O) groups excluding carboxylic acids is 1. The van der Waals surface area contributed by atoms with Gasteiger partial charge in [-0.1, -0.05) is 18.2 Å². The number of benzene rings is 1. The van der Waals surface area contributed by atoms with Crippen LogP contribution in [-0.2, 0) is 11.3 Å². The maximum Gasteiger partial charge on any atom is 0.223 e. The number of rotatable bonds is 4. The lowest BCUT2D eigenvalue weighted by molar-refractivity contribution is -0.126. The van der Waals surface area contributed by atoms with Gasteiger partial charge in [0, 0.05) is 24.6 Å². The molecule has 19 heavy (non-hydrogen) atoms. The molecule has 0 atom stereocenters. The summed E-state index contributed by atoms with van der Waals surface area (Å²) in [6, 6.07) is 6.47. The highest BCUT2D eigenvalue weighted by Crippen LogP contribution is 2.28. The van der Waals surface area contributed by atoms with Gasteiger partial charge in [0.2, 0.25) is 5.91 Å². The Hall–Kier alpha value is -1.42. The Morgan fingerprint density at radius 3 is 2.58 bits per heavy atom. The van der Waals surface area contributed by atoms with Crippen LogP contribution in [0.5, 0.6) is 0 Å². The molecule has 0 saturated heterocycles. The Bertz CT molecular complexity index is 428. The number of halogens is 1. The minimum atomic E-state index is -0.285. The molecule has 3 nitrogen and oxygen atoms in total. The third-order valence-electron chi connectivity index (χ3n) is 3.89. The molecule has 1 aromatic rings. The van der Waals surface area contributed by atoms with E-state index in [-0.39, 0.29) is 30.8 Å². The molecule has 104 valence electrons. The van der Waals surface area contributed by atoms with Gasteiger partial charge >= 0.3 is 0 Å². The lowest BCUT2D eigenvalue weighted by Gasteiger charge is -2.26. The van der Waals surface area contributed by atoms with Gasteiger partial charge in [-0.25, -0.2) is 4.39 Å². The van der Waals surface area contributed by atoms with Crippen molar-refractivity contribution in [2.75, 3.05) is 6.61 Å². The van der Waals surface area contributed by atoms with Crippen LogP contribution in [-0.4, -0.2) is 17.6 Å². The molecule has 0 radical (unpaired) electrons. The van der Waals surface area contributed by atoms with Crippen molar-refractivity contribution in [3.8, 4) is 0 Å². The predicted molar refractivity (Wildman–Crippen MR) is 70.8 cm³/mol. The molecule has 0 aliphatic heterocycles. The topological polar surface area (TPSA) is 49.3 Å². The Morgan fingerprint density at radius 1 is 1.26 bits per heavy atom. The van der Waals surface area contributed by atoms with Gasteiger partial charge in [0.15, 0.2) is 0 Å². The molecule has 1 fully saturated rings. The fourth-order valence-electron chi connectivity index (χ4n) is 2.58. The summed E-state index contributed by atoms with van der Waals surface area (Å²) >= 11 is 0. The van der Waals surface area contributed by atoms with E-state index in [0.29, 0.717) is 11.5 Å². The van der Waals surface area contributed by atoms with Gasteiger partial charge < -0.3 is 10.4 Å². The van der Waals surface area contributed by atoms with Crippen molar-refractivity contribution >= 4 is 5.91 Å². The van der Waals surface area contributed by atoms with Crippen LogP contribution in [0.15, 0.2) is 24.3 Å². The van der Waals surface area contributed by atoms with E-state index in [0.717, 1.165) is 25.7 Å². The number of aliphatic hydroxyl groups is 1. The van der Waals surface area contributed by atoms with E-state index < -0.39 is 0 Å². The molecule has 4 heteroatoms. The lowest BCUT2D eigenvalue weighted by atomic mass is 9.82. The fourth-order valence-corrected chi connectivity index (χ4v) is 2.58. The van der Waals surface area contributed by atoms with Crippen molar-refractivity contribution in [1.29, 1.82) is 0 Å². The minimum absolute atomic E-state index is 0.000331. The van der Waals surface area contributed by atoms with Crippen LogP contribution in [0.4, 0.5) is 4.39 Å². The molecule has 1 aromatic carbocycles. The van der Waals surface area contributed by atoms with Gasteiger partial charge in [-0.3, -0.25) is 4.79 Å². The molecule has 0 aromatic heterocycles. The van der Waals surface area contributed by atoms with Crippen LogP contribution in [0, 0.1) is 17.7 Å². The van der Waals surface area contributed by atoms with Crippen LogP contribution < -0.4 is 5.32 Å². The smallest absolute Gasteiger partial charge is 0.223 e. The second kappa shape index (κ2) is 6.66. The van der Waals surface area contributed by atoms with E-state index in [1.165, 1.54) is 6.07 Å². The summed E-state index contributed by atoms with van der Waals surface area (Å²) < 4.78 is 13.4. The maximum absolute atomic E-state index is 13.4. The number of nitrogens with one attached hydrogen (secondary N) is 1. The van der Waals surface area contributed by atoms with Crippen molar-refractivity contribution in [1.82, 2.24) is 5.32 Å². The monoisotopic (exact) mass is 265 g/mol. The number of aliphatic hydroxyl groups excluding tert-OH is 1. The van der Waals surface area contributed by atoms with Crippen molar-refractivity contribution in [3.63, 3.8) is 0 Å². The summed E-state index contributed by atoms with van der Waals surface area (Å²) in [6.07, 6.45) is 3.42. The highest BCUT2D eigenvalue weighted by atomic mass is 19.1. The summed E-state index contributed by atoms with van der Waals surface area (Å²) in [5, 5.41) is 11.9. The number of amides is 1. The number of hydrogen-bond donors (Lipinski definition) is 2. The van der Waals surface area contributed by atoms with Gasteiger partial charge in [0.05, 0.1) is 0 Å². The molecular weight excluding hydrogens is 245 g/mol. The fraction of sp³-hybridized carbons (Fsp3) is 0.533. The standard InChI is InChI=1S/C15H20FNO2/c16-14-4-2-1-3-13(14)9-17-15(19)12-7-5-11(10-18)6-8-12/h1-4,11-12,18H,5-10H2,(H,17,19). The Labute approximate surface area is 112 Å². The lowest BCUT2D eigenvalue weighted by Crippen LogP contribution is -2.33. The molecule has 1 aliphatic carbocycles. The highest BCUT2D eigenvalue weighted by molar-refractivity contribution is 5.78. The highest BCUT2D eigenvalue weighted by Gasteiger charge is 2.25. The maximum atomic E-state index is 13.4. The first kappa shape index (κ1) is 14.0. The Morgan fingerprint density at radius 2 is 1.95 bits per heavy atom. The first-order chi connectivity index (χ1) is 9.20. The van der Waals surface area contributed by atoms with Crippen molar-refractivity contribution in [2.24, 2.45) is 11.8 Å². The summed E-state index contributed by atoms with van der Waals surface area (Å²) in [4.78, 5) is 12.0. The van der Waals surface area contributed by atoms with Crippen molar-refractivity contribution < 1.29 is 14.3 Å². The van der Waals surface area contributed by atoms with Crippen LogP contribution in [0.1, 0.15) is 31.2 Å². The molecule has 2 rings (SSSR count). The third-order valence-corrected chi connectivity index (χ3v) is 3.89. The SMILES string of the molecule is O=C(NCc1ccccc1F)C1CCC(CO)CC1. The molecule has 0 unspecified atom stereocenters. The van der Waals surface area contributed by atoms with Gasteiger partial charge in [-0.15, -0.1) is 0 Å². The zero-order valence-corrected chi connectivity index (χ0v) is 10.9. The first-order valence-corrected chi connectivity index (χ1v) is 6.82. The molecule has 0 heterocycles. The molecule has 0 spiro atoms. The molecule has 1 saturated carbocycles. The molecule has 0 bridgehead atoms. The van der Waals surface area contributed by atoms with Crippen molar-refractivity contribution in [3.05, 3.63) is 35.6 Å². The number of hydrogen-bond acceptors (Lipinski definition) is 2. The largest absolute Gasteiger partial charge is 0.396 e. The average molecular weight is 265 g/mol. The average Bonchev–Trinajstić information content (AvgIpc) is 2.46. The zero-order valence-electron chi connectivity index (χ0n) is 10.9. The molecule has 1 aliphatic rings. The van der Waals surface area contributed by atoms with E-state index in [9.17, 15) is 9.18 Å². The van der Waals surface area contributed by atoms with Crippen LogP contribution in [0.2, 0.25) is 0 Å². The summed E-state index contributed by atoms with van der Waals surface area (Å²) in [5.41, 5.74) is 0.514. The predicted octanol–water partition coefficient (Wildman–Crippen LogP) is 2.24. The second-order valence-electron chi connectivity index (χ2n) is 5.21. The van der Waals surface area contributed by atoms with Crippen LogP contribution in [0.3, 0.4) is 0 Å². The summed E-state index contributed by atoms with van der Waals surface area (Å²) in [7, 11) is 0.